The Balaban J connectivity index is 1.98. The first-order valence-corrected chi connectivity index (χ1v) is 9.51. The Labute approximate surface area is 143 Å². The minimum atomic E-state index is -4.63. The van der Waals surface area contributed by atoms with Gasteiger partial charge in [0.05, 0.1) is 10.6 Å². The smallest absolute Gasteiger partial charge is 0.200 e. The number of benzene rings is 1. The first-order chi connectivity index (χ1) is 11.8. The molecule has 0 radical (unpaired) electrons. The van der Waals surface area contributed by atoms with Gasteiger partial charge in [0.1, 0.15) is 0 Å². The predicted molar refractivity (Wildman–Crippen MR) is 86.0 cm³/mol. The fourth-order valence-corrected chi connectivity index (χ4v) is 4.06. The average Bonchev–Trinajstić information content (AvgIpc) is 3.00. The van der Waals surface area contributed by atoms with E-state index in [-0.39, 0.29) is 16.5 Å². The fraction of sp³-hybridized carbons (Fsp3) is 0.438. The lowest BCUT2D eigenvalue weighted by molar-refractivity contribution is -0.141. The Hall–Kier alpha value is -2.03. The molecule has 1 fully saturated rings. The second kappa shape index (κ2) is 6.70. The van der Waals surface area contributed by atoms with Crippen molar-refractivity contribution in [3.05, 3.63) is 47.8 Å². The number of hydrogen-bond acceptors (Lipinski definition) is 3. The van der Waals surface area contributed by atoms with Crippen LogP contribution in [0, 0.1) is 0 Å². The van der Waals surface area contributed by atoms with Gasteiger partial charge in [-0.25, -0.2) is 0 Å². The van der Waals surface area contributed by atoms with E-state index in [1.807, 2.05) is 0 Å². The van der Waals surface area contributed by atoms with Gasteiger partial charge in [0.15, 0.2) is 5.69 Å². The minimum Gasteiger partial charge on any atom is -0.200 e. The molecule has 3 rings (SSSR count). The van der Waals surface area contributed by atoms with E-state index in [0.717, 1.165) is 43.0 Å². The number of rotatable bonds is 4. The van der Waals surface area contributed by atoms with Crippen LogP contribution in [0.4, 0.5) is 13.2 Å². The van der Waals surface area contributed by atoms with Crippen molar-refractivity contribution in [3.8, 4) is 0 Å². The number of aromatic nitrogens is 2. The van der Waals surface area contributed by atoms with Crippen LogP contribution in [0.2, 0.25) is 0 Å². The molecule has 1 aliphatic rings. The number of nitrogens with zero attached hydrogens (tertiary/aromatic N) is 2. The lowest BCUT2D eigenvalue weighted by Gasteiger charge is -2.22. The summed E-state index contributed by atoms with van der Waals surface area (Å²) in [6, 6.07) is 8.43. The molecule has 5 nitrogen and oxygen atoms in total. The van der Waals surface area contributed by atoms with Crippen LogP contribution in [0.3, 0.4) is 0 Å². The fourth-order valence-electron chi connectivity index (χ4n) is 3.06. The molecule has 1 aromatic heterocycles. The van der Waals surface area contributed by atoms with Gasteiger partial charge in [-0.15, -0.1) is 5.10 Å². The van der Waals surface area contributed by atoms with Crippen LogP contribution in [0.25, 0.3) is 0 Å². The molecule has 0 saturated heterocycles. The highest BCUT2D eigenvalue weighted by Crippen LogP contribution is 2.36. The Kier molecular flexibility index (Phi) is 4.77. The van der Waals surface area contributed by atoms with Crippen LogP contribution in [0.5, 0.6) is 0 Å². The normalized spacial score (nSPS) is 16.8. The van der Waals surface area contributed by atoms with E-state index in [9.17, 15) is 21.6 Å². The summed E-state index contributed by atoms with van der Waals surface area (Å²) in [6.45, 7) is 0. The highest BCUT2D eigenvalue weighted by molar-refractivity contribution is 7.92. The third-order valence-corrected chi connectivity index (χ3v) is 5.62. The number of alkyl halides is 3. The van der Waals surface area contributed by atoms with E-state index in [1.165, 1.54) is 12.1 Å². The SMILES string of the molecule is O=S(=O)(Nn1nc(C(F)(F)F)cc1C1CCCCC1)c1ccccc1. The maximum atomic E-state index is 13.1. The highest BCUT2D eigenvalue weighted by Gasteiger charge is 2.36. The molecule has 9 heteroatoms. The van der Waals surface area contributed by atoms with Crippen molar-refractivity contribution >= 4 is 10.0 Å². The first-order valence-electron chi connectivity index (χ1n) is 8.02. The van der Waals surface area contributed by atoms with Crippen molar-refractivity contribution in [1.82, 2.24) is 9.89 Å². The average molecular weight is 373 g/mol. The zero-order chi connectivity index (χ0) is 18.1. The molecule has 1 aliphatic carbocycles. The van der Waals surface area contributed by atoms with Gasteiger partial charge in [-0.2, -0.15) is 31.2 Å². The molecule has 1 saturated carbocycles. The molecular weight excluding hydrogens is 355 g/mol. The van der Waals surface area contributed by atoms with E-state index >= 15 is 0 Å². The molecule has 0 unspecified atom stereocenters. The van der Waals surface area contributed by atoms with E-state index in [0.29, 0.717) is 0 Å². The van der Waals surface area contributed by atoms with E-state index in [1.54, 1.807) is 18.2 Å². The van der Waals surface area contributed by atoms with Crippen LogP contribution in [-0.4, -0.2) is 18.3 Å². The number of hydrogen-bond donors (Lipinski definition) is 1. The molecule has 0 bridgehead atoms. The third-order valence-electron chi connectivity index (χ3n) is 4.31. The molecule has 1 aromatic carbocycles. The van der Waals surface area contributed by atoms with Crippen molar-refractivity contribution in [2.45, 2.75) is 49.1 Å². The van der Waals surface area contributed by atoms with Crippen LogP contribution < -0.4 is 4.83 Å². The van der Waals surface area contributed by atoms with Crippen molar-refractivity contribution in [3.63, 3.8) is 0 Å². The largest absolute Gasteiger partial charge is 0.435 e. The summed E-state index contributed by atoms with van der Waals surface area (Å²) in [7, 11) is -4.02. The van der Waals surface area contributed by atoms with Crippen molar-refractivity contribution in [2.75, 3.05) is 4.83 Å². The summed E-state index contributed by atoms with van der Waals surface area (Å²) in [5.74, 6) is -0.143. The minimum absolute atomic E-state index is 0.0337. The summed E-state index contributed by atoms with van der Waals surface area (Å²) in [5.41, 5.74) is -0.838. The molecule has 1 heterocycles. The van der Waals surface area contributed by atoms with Crippen molar-refractivity contribution in [1.29, 1.82) is 0 Å². The molecule has 0 aliphatic heterocycles. The lowest BCUT2D eigenvalue weighted by atomic mass is 9.87. The van der Waals surface area contributed by atoms with Gasteiger partial charge in [-0.05, 0) is 31.0 Å². The lowest BCUT2D eigenvalue weighted by Crippen LogP contribution is -2.27. The monoisotopic (exact) mass is 373 g/mol. The molecule has 0 atom stereocenters. The van der Waals surface area contributed by atoms with Gasteiger partial charge >= 0.3 is 6.18 Å². The highest BCUT2D eigenvalue weighted by atomic mass is 32.2. The second-order valence-electron chi connectivity index (χ2n) is 6.11. The molecule has 25 heavy (non-hydrogen) atoms. The molecular formula is C16H18F3N3O2S. The van der Waals surface area contributed by atoms with Gasteiger partial charge in [0, 0.05) is 5.92 Å². The maximum absolute atomic E-state index is 13.1. The summed E-state index contributed by atoms with van der Waals surface area (Å²) >= 11 is 0. The summed E-state index contributed by atoms with van der Waals surface area (Å²) in [5, 5.41) is 3.47. The standard InChI is InChI=1S/C16H18F3N3O2S/c17-16(18,19)15-11-14(12-7-3-1-4-8-12)22(20-15)21-25(23,24)13-9-5-2-6-10-13/h2,5-6,9-12,21H,1,3-4,7-8H2. The van der Waals surface area contributed by atoms with Gasteiger partial charge in [-0.3, -0.25) is 0 Å². The Bertz CT molecular complexity index is 826. The van der Waals surface area contributed by atoms with Crippen LogP contribution in [-0.2, 0) is 16.2 Å². The van der Waals surface area contributed by atoms with Crippen molar-refractivity contribution < 1.29 is 21.6 Å². The second-order valence-corrected chi connectivity index (χ2v) is 7.77. The Morgan fingerprint density at radius 1 is 1.08 bits per heavy atom. The third kappa shape index (κ3) is 3.97. The number of nitrogens with one attached hydrogen (secondary N) is 1. The van der Waals surface area contributed by atoms with Gasteiger partial charge in [0.25, 0.3) is 10.0 Å². The van der Waals surface area contributed by atoms with Gasteiger partial charge in [-0.1, -0.05) is 37.5 Å². The summed E-state index contributed by atoms with van der Waals surface area (Å²) in [6.07, 6.45) is -0.350. The summed E-state index contributed by atoms with van der Waals surface area (Å²) < 4.78 is 64.0. The first kappa shape index (κ1) is 17.8. The predicted octanol–water partition coefficient (Wildman–Crippen LogP) is 3.88. The topological polar surface area (TPSA) is 64.0 Å². The molecule has 0 amide bonds. The van der Waals surface area contributed by atoms with E-state index in [4.69, 9.17) is 0 Å². The molecule has 136 valence electrons. The number of halogens is 3. The van der Waals surface area contributed by atoms with Crippen LogP contribution in [0.1, 0.15) is 49.4 Å². The Morgan fingerprint density at radius 3 is 2.32 bits per heavy atom. The van der Waals surface area contributed by atoms with E-state index < -0.39 is 21.9 Å². The molecule has 1 N–H and O–H groups in total. The van der Waals surface area contributed by atoms with Gasteiger partial charge < -0.3 is 0 Å². The summed E-state index contributed by atoms with van der Waals surface area (Å²) in [4.78, 5) is 2.92. The quantitative estimate of drug-likeness (QED) is 0.885. The van der Waals surface area contributed by atoms with Crippen molar-refractivity contribution in [2.24, 2.45) is 0 Å². The molecule has 2 aromatic rings. The maximum Gasteiger partial charge on any atom is 0.435 e. The van der Waals surface area contributed by atoms with Gasteiger partial charge in [0.2, 0.25) is 0 Å². The Morgan fingerprint density at radius 2 is 1.72 bits per heavy atom. The van der Waals surface area contributed by atoms with E-state index in [2.05, 4.69) is 9.93 Å². The zero-order valence-electron chi connectivity index (χ0n) is 13.3. The van der Waals surface area contributed by atoms with Crippen LogP contribution in [0.15, 0.2) is 41.3 Å². The zero-order valence-corrected chi connectivity index (χ0v) is 14.1. The number of sulfonamides is 1. The van der Waals surface area contributed by atoms with Crippen LogP contribution >= 0.6 is 0 Å². The molecule has 0 spiro atoms.